The number of aromatic nitrogens is 3. The van der Waals surface area contributed by atoms with Gasteiger partial charge in [-0.1, -0.05) is 41.6 Å². The summed E-state index contributed by atoms with van der Waals surface area (Å²) in [5.74, 6) is 0.648. The predicted octanol–water partition coefficient (Wildman–Crippen LogP) is 5.27. The van der Waals surface area contributed by atoms with Gasteiger partial charge in [0.25, 0.3) is 5.56 Å². The van der Waals surface area contributed by atoms with Crippen LogP contribution in [0, 0.1) is 20.8 Å². The first kappa shape index (κ1) is 23.3. The highest BCUT2D eigenvalue weighted by molar-refractivity contribution is 8.14. The van der Waals surface area contributed by atoms with Crippen molar-refractivity contribution < 1.29 is 0 Å². The quantitative estimate of drug-likeness (QED) is 0.411. The third-order valence-electron chi connectivity index (χ3n) is 6.20. The molecule has 0 amide bonds. The molecule has 9 heteroatoms. The van der Waals surface area contributed by atoms with E-state index in [2.05, 4.69) is 40.0 Å². The molecule has 2 aromatic carbocycles. The highest BCUT2D eigenvalue weighted by Crippen LogP contribution is 2.26. The molecule has 0 fully saturated rings. The topological polar surface area (TPSA) is 68.6 Å². The number of rotatable bonds is 4. The summed E-state index contributed by atoms with van der Waals surface area (Å²) < 4.78 is 5.65. The molecule has 5 rings (SSSR count). The van der Waals surface area contributed by atoms with Gasteiger partial charge in [0.05, 0.1) is 17.1 Å². The third kappa shape index (κ3) is 4.24. The van der Waals surface area contributed by atoms with Gasteiger partial charge in [-0.15, -0.1) is 0 Å². The molecule has 0 saturated heterocycles. The Kier molecular flexibility index (Phi) is 6.17. The second-order valence-corrected chi connectivity index (χ2v) is 9.78. The molecular weight excluding hydrogens is 480 g/mol. The summed E-state index contributed by atoms with van der Waals surface area (Å²) in [6, 6.07) is 19.5. The van der Waals surface area contributed by atoms with Crippen LogP contribution in [0.3, 0.4) is 0 Å². The zero-order chi connectivity index (χ0) is 24.7. The lowest BCUT2D eigenvalue weighted by molar-refractivity contribution is 0.630. The van der Waals surface area contributed by atoms with Crippen LogP contribution in [0.5, 0.6) is 0 Å². The number of halogens is 1. The Balaban J connectivity index is 1.44. The van der Waals surface area contributed by atoms with Crippen molar-refractivity contribution in [1.82, 2.24) is 19.4 Å². The minimum absolute atomic E-state index is 0.160. The fraction of sp³-hybridized carbons (Fsp3) is 0.192. The van der Waals surface area contributed by atoms with Crippen molar-refractivity contribution in [2.75, 3.05) is 5.75 Å². The Morgan fingerprint density at radius 2 is 1.71 bits per heavy atom. The molecule has 1 aliphatic heterocycles. The number of benzene rings is 2. The molecule has 7 nitrogen and oxygen atoms in total. The van der Waals surface area contributed by atoms with Gasteiger partial charge in [0.1, 0.15) is 0 Å². The molecule has 3 heterocycles. The molecule has 178 valence electrons. The van der Waals surface area contributed by atoms with Crippen LogP contribution < -0.4 is 11.0 Å². The number of hydrazone groups is 1. The first-order valence-electron chi connectivity index (χ1n) is 11.2. The highest BCUT2D eigenvalue weighted by Gasteiger charge is 2.21. The van der Waals surface area contributed by atoms with E-state index < -0.39 is 0 Å². The number of amidine groups is 1. The van der Waals surface area contributed by atoms with Crippen molar-refractivity contribution in [2.24, 2.45) is 17.1 Å². The molecular formula is C26H25ClN6OS. The maximum atomic E-state index is 13.2. The second kappa shape index (κ2) is 9.28. The number of hydrogen-bond donors (Lipinski definition) is 1. The zero-order valence-corrected chi connectivity index (χ0v) is 21.5. The van der Waals surface area contributed by atoms with Crippen LogP contribution in [0.4, 0.5) is 5.69 Å². The first-order chi connectivity index (χ1) is 16.8. The van der Waals surface area contributed by atoms with E-state index in [-0.39, 0.29) is 5.56 Å². The number of aliphatic imine (C=N–C) groups is 1. The van der Waals surface area contributed by atoms with Gasteiger partial charge in [0.15, 0.2) is 10.9 Å². The maximum absolute atomic E-state index is 13.2. The minimum Gasteiger partial charge on any atom is -0.318 e. The number of nitrogens with zero attached hydrogens (tertiary/aromatic N) is 5. The van der Waals surface area contributed by atoms with Crippen LogP contribution in [0.2, 0.25) is 5.02 Å². The van der Waals surface area contributed by atoms with E-state index in [1.165, 1.54) is 11.8 Å². The van der Waals surface area contributed by atoms with Gasteiger partial charge >= 0.3 is 0 Å². The summed E-state index contributed by atoms with van der Waals surface area (Å²) in [4.78, 5) is 17.8. The van der Waals surface area contributed by atoms with Gasteiger partial charge in [-0.05, 0) is 63.2 Å². The monoisotopic (exact) mass is 504 g/mol. The first-order valence-corrected chi connectivity index (χ1v) is 12.5. The van der Waals surface area contributed by atoms with Crippen LogP contribution in [-0.4, -0.2) is 30.6 Å². The minimum atomic E-state index is -0.160. The van der Waals surface area contributed by atoms with E-state index in [0.717, 1.165) is 39.7 Å². The zero-order valence-electron chi connectivity index (χ0n) is 19.9. The third-order valence-corrected chi connectivity index (χ3v) is 7.32. The summed E-state index contributed by atoms with van der Waals surface area (Å²) in [5, 5.41) is 5.93. The van der Waals surface area contributed by atoms with Gasteiger partial charge in [0.2, 0.25) is 0 Å². The van der Waals surface area contributed by atoms with Gasteiger partial charge < -0.3 is 4.57 Å². The van der Waals surface area contributed by atoms with Crippen LogP contribution in [-0.2, 0) is 7.05 Å². The Bertz CT molecular complexity index is 1530. The molecule has 0 atom stereocenters. The van der Waals surface area contributed by atoms with Crippen molar-refractivity contribution in [3.63, 3.8) is 0 Å². The SMILES string of the molecule is Cc1cc(C2=NNC(=Nc3c(C)n(C)n(-c4ccccc4)c3=O)SC2)c(C)n1-c1ccc(Cl)cc1. The van der Waals surface area contributed by atoms with E-state index >= 15 is 0 Å². The number of thioether (sulfide) groups is 1. The Labute approximate surface area is 212 Å². The average Bonchev–Trinajstić information content (AvgIpc) is 3.27. The van der Waals surface area contributed by atoms with E-state index in [1.807, 2.05) is 73.3 Å². The molecule has 35 heavy (non-hydrogen) atoms. The molecule has 0 unspecified atom stereocenters. The Morgan fingerprint density at radius 1 is 1.00 bits per heavy atom. The normalized spacial score (nSPS) is 14.8. The molecule has 0 radical (unpaired) electrons. The summed E-state index contributed by atoms with van der Waals surface area (Å²) in [7, 11) is 1.86. The number of nitrogens with one attached hydrogen (secondary N) is 1. The maximum Gasteiger partial charge on any atom is 0.297 e. The Morgan fingerprint density at radius 3 is 2.37 bits per heavy atom. The van der Waals surface area contributed by atoms with Gasteiger partial charge in [0, 0.05) is 40.5 Å². The number of hydrogen-bond acceptors (Lipinski definition) is 4. The van der Waals surface area contributed by atoms with Crippen molar-refractivity contribution in [3.8, 4) is 11.4 Å². The van der Waals surface area contributed by atoms with E-state index in [1.54, 1.807) is 4.68 Å². The van der Waals surface area contributed by atoms with Crippen LogP contribution >= 0.6 is 23.4 Å². The molecule has 0 aliphatic carbocycles. The molecule has 4 aromatic rings. The van der Waals surface area contributed by atoms with Crippen molar-refractivity contribution >= 4 is 39.9 Å². The molecule has 0 bridgehead atoms. The van der Waals surface area contributed by atoms with Gasteiger partial charge in [-0.3, -0.25) is 14.9 Å². The average molecular weight is 505 g/mol. The largest absolute Gasteiger partial charge is 0.318 e. The van der Waals surface area contributed by atoms with Crippen molar-refractivity contribution in [3.05, 3.63) is 98.7 Å². The van der Waals surface area contributed by atoms with Gasteiger partial charge in [-0.25, -0.2) is 9.67 Å². The second-order valence-electron chi connectivity index (χ2n) is 8.38. The summed E-state index contributed by atoms with van der Waals surface area (Å²) in [6.07, 6.45) is 0. The standard InChI is InChI=1S/C26H25ClN6OS/c1-16-14-22(17(2)32(16)20-12-10-19(27)11-13-20)23-15-35-26(30-29-23)28-24-18(3)31(4)33(25(24)34)21-8-6-5-7-9-21/h5-14H,15H2,1-4H3,(H,28,30). The van der Waals surface area contributed by atoms with Gasteiger partial charge in [-0.2, -0.15) is 5.10 Å². The molecule has 2 aromatic heterocycles. The Hall–Kier alpha value is -3.49. The molecule has 1 aliphatic rings. The molecule has 1 N–H and O–H groups in total. The lowest BCUT2D eigenvalue weighted by atomic mass is 10.1. The molecule has 0 spiro atoms. The number of aryl methyl sites for hydroxylation is 1. The van der Waals surface area contributed by atoms with E-state index in [4.69, 9.17) is 11.6 Å². The lowest BCUT2D eigenvalue weighted by Gasteiger charge is -2.15. The van der Waals surface area contributed by atoms with E-state index in [0.29, 0.717) is 21.6 Å². The smallest absolute Gasteiger partial charge is 0.297 e. The fourth-order valence-electron chi connectivity index (χ4n) is 4.34. The van der Waals surface area contributed by atoms with Crippen molar-refractivity contribution in [1.29, 1.82) is 0 Å². The fourth-order valence-corrected chi connectivity index (χ4v) is 5.22. The summed E-state index contributed by atoms with van der Waals surface area (Å²) >= 11 is 7.60. The summed E-state index contributed by atoms with van der Waals surface area (Å²) in [5.41, 5.74) is 10.2. The van der Waals surface area contributed by atoms with Crippen LogP contribution in [0.1, 0.15) is 22.6 Å². The number of para-hydroxylation sites is 1. The van der Waals surface area contributed by atoms with Crippen LogP contribution in [0.15, 0.2) is 75.6 Å². The highest BCUT2D eigenvalue weighted by atomic mass is 35.5. The predicted molar refractivity (Wildman–Crippen MR) is 145 cm³/mol. The van der Waals surface area contributed by atoms with Crippen molar-refractivity contribution in [2.45, 2.75) is 20.8 Å². The summed E-state index contributed by atoms with van der Waals surface area (Å²) in [6.45, 7) is 6.07. The lowest BCUT2D eigenvalue weighted by Crippen LogP contribution is -2.26. The van der Waals surface area contributed by atoms with Crippen LogP contribution in [0.25, 0.3) is 11.4 Å². The molecule has 0 saturated carbocycles. The van der Waals surface area contributed by atoms with E-state index in [9.17, 15) is 4.79 Å².